The summed E-state index contributed by atoms with van der Waals surface area (Å²) in [5, 5.41) is -5.04. The first-order valence-corrected chi connectivity index (χ1v) is 8.92. The summed E-state index contributed by atoms with van der Waals surface area (Å²) in [5.74, 6) is -4.85. The highest BCUT2D eigenvalue weighted by atomic mass is 32.2. The third-order valence-corrected chi connectivity index (χ3v) is 4.08. The molecule has 0 bridgehead atoms. The molecule has 0 amide bonds. The molecule has 24 heavy (non-hydrogen) atoms. The van der Waals surface area contributed by atoms with E-state index in [0.29, 0.717) is 25.7 Å². The number of carbonyl (C=O) groups excluding carboxylic acids is 1. The smallest absolute Gasteiger partial charge is 0.371 e. The van der Waals surface area contributed by atoms with Crippen molar-refractivity contribution in [2.45, 2.75) is 76.9 Å². The van der Waals surface area contributed by atoms with Crippen molar-refractivity contribution in [1.29, 1.82) is 0 Å². The largest absolute Gasteiger partial charge is 0.768 e. The Morgan fingerprint density at radius 1 is 0.958 bits per heavy atom. The van der Waals surface area contributed by atoms with Crippen LogP contribution in [0.2, 0.25) is 0 Å². The van der Waals surface area contributed by atoms with Crippen molar-refractivity contribution < 1.29 is 35.9 Å². The van der Waals surface area contributed by atoms with Crippen LogP contribution in [0.25, 0.3) is 0 Å². The second-order valence-electron chi connectivity index (χ2n) is 6.71. The van der Waals surface area contributed by atoms with Crippen LogP contribution in [-0.4, -0.2) is 32.5 Å². The van der Waals surface area contributed by atoms with Gasteiger partial charge in [-0.25, -0.2) is 0 Å². The van der Waals surface area contributed by atoms with Gasteiger partial charge < -0.3 is 9.29 Å². The third-order valence-electron chi connectivity index (χ3n) is 3.37. The normalized spacial score (nSPS) is 14.5. The Morgan fingerprint density at radius 3 is 1.88 bits per heavy atom. The van der Waals surface area contributed by atoms with E-state index in [1.54, 1.807) is 20.8 Å². The molecule has 0 saturated carbocycles. The maximum absolute atomic E-state index is 13.1. The number of rotatable bonds is 11. The fourth-order valence-corrected chi connectivity index (χ4v) is 2.15. The molecule has 0 aliphatic rings. The van der Waals surface area contributed by atoms with Crippen LogP contribution in [0.15, 0.2) is 0 Å². The van der Waals surface area contributed by atoms with Crippen LogP contribution in [0, 0.1) is 5.41 Å². The fraction of sp³-hybridized carbons (Fsp3) is 0.933. The molecule has 0 spiro atoms. The molecule has 4 nitrogen and oxygen atoms in total. The monoisotopic (exact) mass is 377 g/mol. The van der Waals surface area contributed by atoms with Crippen molar-refractivity contribution in [2.75, 3.05) is 6.61 Å². The molecule has 0 aromatic heterocycles. The predicted octanol–water partition coefficient (Wildman–Crippen LogP) is 4.41. The zero-order valence-electron chi connectivity index (χ0n) is 14.2. The van der Waals surface area contributed by atoms with Crippen LogP contribution < -0.4 is 0 Å². The van der Waals surface area contributed by atoms with Crippen molar-refractivity contribution in [3.63, 3.8) is 0 Å². The van der Waals surface area contributed by atoms with E-state index in [1.165, 1.54) is 0 Å². The van der Waals surface area contributed by atoms with Gasteiger partial charge in [0.2, 0.25) is 0 Å². The van der Waals surface area contributed by atoms with Gasteiger partial charge in [0, 0.05) is 17.5 Å². The topological polar surface area (TPSA) is 66.4 Å². The summed E-state index contributed by atoms with van der Waals surface area (Å²) >= 11 is -4.14. The van der Waals surface area contributed by atoms with Crippen LogP contribution in [0.5, 0.6) is 0 Å². The van der Waals surface area contributed by atoms with E-state index in [1.807, 2.05) is 0 Å². The molecule has 1 unspecified atom stereocenters. The lowest BCUT2D eigenvalue weighted by Gasteiger charge is -2.27. The maximum atomic E-state index is 13.1. The van der Waals surface area contributed by atoms with Crippen LogP contribution in [0.4, 0.5) is 17.6 Å². The number of unbranched alkanes of at least 4 members (excludes halogenated alkanes) is 5. The molecule has 1 atom stereocenters. The summed E-state index contributed by atoms with van der Waals surface area (Å²) < 4.78 is 77.1. The van der Waals surface area contributed by atoms with Crippen LogP contribution >= 0.6 is 0 Å². The second-order valence-corrected chi connectivity index (χ2v) is 7.70. The minimum absolute atomic E-state index is 0.182. The molecule has 0 aliphatic carbocycles. The lowest BCUT2D eigenvalue weighted by molar-refractivity contribution is -0.162. The molecular formula is C15H25F4O4S-. The first kappa shape index (κ1) is 23.3. The van der Waals surface area contributed by atoms with Crippen molar-refractivity contribution in [1.82, 2.24) is 0 Å². The van der Waals surface area contributed by atoms with E-state index in [2.05, 4.69) is 0 Å². The molecule has 144 valence electrons. The lowest BCUT2D eigenvalue weighted by atomic mass is 9.97. The average Bonchev–Trinajstić information content (AvgIpc) is 2.43. The number of esters is 1. The van der Waals surface area contributed by atoms with E-state index in [4.69, 9.17) is 4.74 Å². The lowest BCUT2D eigenvalue weighted by Crippen LogP contribution is -2.43. The molecule has 0 rings (SSSR count). The van der Waals surface area contributed by atoms with E-state index >= 15 is 0 Å². The van der Waals surface area contributed by atoms with Crippen molar-refractivity contribution in [3.05, 3.63) is 0 Å². The van der Waals surface area contributed by atoms with Crippen LogP contribution in [-0.2, 0) is 20.6 Å². The molecular weight excluding hydrogens is 352 g/mol. The molecule has 0 aromatic rings. The van der Waals surface area contributed by atoms with Gasteiger partial charge in [-0.05, 0) is 33.6 Å². The van der Waals surface area contributed by atoms with Gasteiger partial charge in [0.05, 0.1) is 12.0 Å². The molecule has 9 heteroatoms. The van der Waals surface area contributed by atoms with Crippen LogP contribution in [0.3, 0.4) is 0 Å². The molecule has 0 N–H and O–H groups in total. The van der Waals surface area contributed by atoms with Crippen molar-refractivity contribution >= 4 is 17.0 Å². The maximum Gasteiger partial charge on any atom is 0.371 e. The zero-order valence-corrected chi connectivity index (χ0v) is 15.0. The second kappa shape index (κ2) is 9.70. The number of hydrogen-bond donors (Lipinski definition) is 0. The fourth-order valence-electron chi connectivity index (χ4n) is 1.81. The predicted molar refractivity (Wildman–Crippen MR) is 81.5 cm³/mol. The van der Waals surface area contributed by atoms with Gasteiger partial charge in [-0.2, -0.15) is 17.6 Å². The van der Waals surface area contributed by atoms with Gasteiger partial charge in [-0.15, -0.1) is 0 Å². The van der Waals surface area contributed by atoms with E-state index in [9.17, 15) is 31.1 Å². The van der Waals surface area contributed by atoms with E-state index in [-0.39, 0.29) is 19.0 Å². The van der Waals surface area contributed by atoms with Gasteiger partial charge in [0.15, 0.2) is 0 Å². The molecule has 0 saturated heterocycles. The minimum Gasteiger partial charge on any atom is -0.768 e. The van der Waals surface area contributed by atoms with Gasteiger partial charge in [-0.1, -0.05) is 25.7 Å². The number of ether oxygens (including phenoxy) is 1. The Morgan fingerprint density at radius 2 is 1.42 bits per heavy atom. The number of hydrogen-bond acceptors (Lipinski definition) is 4. The summed E-state index contributed by atoms with van der Waals surface area (Å²) in [5.41, 5.74) is -0.555. The highest BCUT2D eigenvalue weighted by Gasteiger charge is 2.56. The Balaban J connectivity index is 3.75. The molecule has 0 aliphatic heterocycles. The first-order chi connectivity index (χ1) is 10.8. The number of halogens is 4. The van der Waals surface area contributed by atoms with Gasteiger partial charge >= 0.3 is 17.1 Å². The number of alkyl halides is 4. The van der Waals surface area contributed by atoms with Gasteiger partial charge in [-0.3, -0.25) is 9.00 Å². The quantitative estimate of drug-likeness (QED) is 0.231. The number of carbonyl (C=O) groups is 1. The van der Waals surface area contributed by atoms with E-state index in [0.717, 1.165) is 6.42 Å². The zero-order chi connectivity index (χ0) is 19.0. The Hall–Kier alpha value is -0.700. The third kappa shape index (κ3) is 7.92. The van der Waals surface area contributed by atoms with Crippen molar-refractivity contribution in [2.24, 2.45) is 5.41 Å². The first-order valence-electron chi connectivity index (χ1n) is 7.84. The van der Waals surface area contributed by atoms with Gasteiger partial charge in [0.1, 0.15) is 0 Å². The molecule has 0 aromatic carbocycles. The molecule has 0 fully saturated rings. The van der Waals surface area contributed by atoms with Gasteiger partial charge in [0.25, 0.3) is 0 Å². The summed E-state index contributed by atoms with van der Waals surface area (Å²) in [6.45, 7) is 5.53. The van der Waals surface area contributed by atoms with Crippen LogP contribution in [0.1, 0.15) is 65.7 Å². The summed E-state index contributed by atoms with van der Waals surface area (Å²) in [4.78, 5) is 11.5. The Labute approximate surface area is 142 Å². The summed E-state index contributed by atoms with van der Waals surface area (Å²) in [6, 6.07) is 0. The highest BCUT2D eigenvalue weighted by Crippen LogP contribution is 2.40. The molecule has 0 heterocycles. The standard InChI is InChI=1S/C15H26F4O4S/c1-13(2,3)12(20)23-11-9-7-5-4-6-8-10-14(16,17)15(18,19)24(21)22/h4-11H2,1-3H3,(H,21,22)/p-1. The Kier molecular flexibility index (Phi) is 9.41. The average molecular weight is 377 g/mol. The molecule has 0 radical (unpaired) electrons. The highest BCUT2D eigenvalue weighted by molar-refractivity contribution is 7.80. The minimum atomic E-state index is -5.04. The summed E-state index contributed by atoms with van der Waals surface area (Å²) in [7, 11) is 0. The SMILES string of the molecule is CC(C)(C)C(=O)OCCCCCCCCC(F)(F)C(F)(F)S(=O)[O-]. The van der Waals surface area contributed by atoms with Crippen molar-refractivity contribution in [3.8, 4) is 0 Å². The van der Waals surface area contributed by atoms with E-state index < -0.39 is 34.1 Å². The Bertz CT molecular complexity index is 422. The summed E-state index contributed by atoms with van der Waals surface area (Å²) in [6.07, 6.45) is 1.59.